The molecule has 18 heavy (non-hydrogen) atoms. The van der Waals surface area contributed by atoms with E-state index in [0.717, 1.165) is 16.5 Å². The molecule has 0 saturated carbocycles. The first-order valence-corrected chi connectivity index (χ1v) is 5.62. The van der Waals surface area contributed by atoms with E-state index in [2.05, 4.69) is 10.3 Å². The number of hydrogen-bond donors (Lipinski definition) is 1. The number of nitrogens with one attached hydrogen (secondary N) is 1. The maximum absolute atomic E-state index is 11.4. The Morgan fingerprint density at radius 1 is 1.22 bits per heavy atom. The lowest BCUT2D eigenvalue weighted by Crippen LogP contribution is -2.19. The van der Waals surface area contributed by atoms with Crippen molar-refractivity contribution in [3.8, 4) is 0 Å². The van der Waals surface area contributed by atoms with Gasteiger partial charge in [0.05, 0.1) is 11.9 Å². The van der Waals surface area contributed by atoms with Crippen molar-refractivity contribution < 1.29 is 9.59 Å². The normalized spacial score (nSPS) is 17.4. The zero-order valence-corrected chi connectivity index (χ0v) is 9.51. The first kappa shape index (κ1) is 10.7. The average molecular weight is 238 g/mol. The van der Waals surface area contributed by atoms with Gasteiger partial charge in [-0.2, -0.15) is 0 Å². The summed E-state index contributed by atoms with van der Waals surface area (Å²) in [5, 5.41) is 3.28. The predicted octanol–water partition coefficient (Wildman–Crippen LogP) is 1.66. The van der Waals surface area contributed by atoms with Gasteiger partial charge in [0, 0.05) is 17.2 Å². The Morgan fingerprint density at radius 2 is 2.11 bits per heavy atom. The zero-order chi connectivity index (χ0) is 12.5. The van der Waals surface area contributed by atoms with Crippen molar-refractivity contribution in [3.05, 3.63) is 47.7 Å². The van der Waals surface area contributed by atoms with E-state index in [0.29, 0.717) is 5.57 Å². The first-order valence-electron chi connectivity index (χ1n) is 5.62. The number of pyridine rings is 1. The number of benzene rings is 1. The molecular formula is C14H10N2O2. The molecule has 2 aromatic rings. The smallest absolute Gasteiger partial charge is 0.254 e. The van der Waals surface area contributed by atoms with Crippen LogP contribution in [0.25, 0.3) is 17.0 Å². The number of amides is 2. The molecule has 1 aromatic heterocycles. The number of carbonyl (C=O) groups is 2. The minimum Gasteiger partial charge on any atom is -0.292 e. The van der Waals surface area contributed by atoms with Gasteiger partial charge in [0.1, 0.15) is 0 Å². The summed E-state index contributed by atoms with van der Waals surface area (Å²) in [6, 6.07) is 9.56. The van der Waals surface area contributed by atoms with E-state index in [1.165, 1.54) is 0 Å². The molecule has 1 aliphatic heterocycles. The molecule has 4 heteroatoms. The first-order chi connectivity index (χ1) is 8.72. The van der Waals surface area contributed by atoms with Crippen LogP contribution in [0.3, 0.4) is 0 Å². The fourth-order valence-electron chi connectivity index (χ4n) is 2.01. The van der Waals surface area contributed by atoms with Gasteiger partial charge in [-0.1, -0.05) is 12.1 Å². The molecule has 1 aliphatic rings. The summed E-state index contributed by atoms with van der Waals surface area (Å²) < 4.78 is 0. The molecular weight excluding hydrogens is 228 g/mol. The molecule has 0 unspecified atom stereocenters. The Labute approximate surface area is 103 Å². The van der Waals surface area contributed by atoms with Crippen LogP contribution in [0.2, 0.25) is 0 Å². The van der Waals surface area contributed by atoms with Crippen molar-refractivity contribution in [2.24, 2.45) is 0 Å². The van der Waals surface area contributed by atoms with Crippen molar-refractivity contribution in [3.63, 3.8) is 0 Å². The van der Waals surface area contributed by atoms with Crippen LogP contribution in [0.4, 0.5) is 0 Å². The van der Waals surface area contributed by atoms with Crippen LogP contribution >= 0.6 is 0 Å². The van der Waals surface area contributed by atoms with E-state index in [9.17, 15) is 9.59 Å². The van der Waals surface area contributed by atoms with Crippen LogP contribution in [-0.2, 0) is 9.59 Å². The second-order valence-electron chi connectivity index (χ2n) is 4.18. The molecule has 1 aromatic carbocycles. The Bertz CT molecular complexity index is 689. The molecule has 1 N–H and O–H groups in total. The molecule has 1 saturated heterocycles. The van der Waals surface area contributed by atoms with Crippen molar-refractivity contribution in [1.82, 2.24) is 10.3 Å². The average Bonchev–Trinajstić information content (AvgIpc) is 2.68. The summed E-state index contributed by atoms with van der Waals surface area (Å²) in [6.45, 7) is 0. The molecule has 0 radical (unpaired) electrons. The molecule has 4 nitrogen and oxygen atoms in total. The molecule has 0 spiro atoms. The van der Waals surface area contributed by atoms with Crippen LogP contribution in [-0.4, -0.2) is 16.8 Å². The van der Waals surface area contributed by atoms with Gasteiger partial charge in [0.25, 0.3) is 5.91 Å². The summed E-state index contributed by atoms with van der Waals surface area (Å²) in [5.74, 6) is -0.542. The number of nitrogens with zero attached hydrogens (tertiary/aromatic N) is 1. The van der Waals surface area contributed by atoms with Gasteiger partial charge in [-0.15, -0.1) is 0 Å². The highest BCUT2D eigenvalue weighted by Gasteiger charge is 2.23. The molecule has 3 rings (SSSR count). The van der Waals surface area contributed by atoms with E-state index in [1.807, 2.05) is 30.3 Å². The van der Waals surface area contributed by atoms with Crippen LogP contribution in [0, 0.1) is 0 Å². The summed E-state index contributed by atoms with van der Waals surface area (Å²) in [7, 11) is 0. The van der Waals surface area contributed by atoms with E-state index in [-0.39, 0.29) is 18.2 Å². The van der Waals surface area contributed by atoms with Crippen LogP contribution in [0.5, 0.6) is 0 Å². The third-order valence-electron chi connectivity index (χ3n) is 2.86. The van der Waals surface area contributed by atoms with Crippen molar-refractivity contribution >= 4 is 28.8 Å². The Hall–Kier alpha value is -2.49. The highest BCUT2D eigenvalue weighted by atomic mass is 16.2. The van der Waals surface area contributed by atoms with Crippen molar-refractivity contribution in [2.45, 2.75) is 6.42 Å². The molecule has 0 bridgehead atoms. The number of imide groups is 1. The van der Waals surface area contributed by atoms with Gasteiger partial charge in [0.2, 0.25) is 5.91 Å². The van der Waals surface area contributed by atoms with Crippen LogP contribution in [0.1, 0.15) is 12.0 Å². The number of aromatic nitrogens is 1. The zero-order valence-electron chi connectivity index (χ0n) is 9.51. The lowest BCUT2D eigenvalue weighted by atomic mass is 10.1. The van der Waals surface area contributed by atoms with E-state index in [1.54, 1.807) is 12.3 Å². The number of carbonyl (C=O) groups excluding carboxylic acids is 2. The minimum atomic E-state index is -0.300. The third-order valence-corrected chi connectivity index (χ3v) is 2.86. The molecule has 1 fully saturated rings. The maximum atomic E-state index is 11.4. The highest BCUT2D eigenvalue weighted by Crippen LogP contribution is 2.18. The quantitative estimate of drug-likeness (QED) is 0.607. The van der Waals surface area contributed by atoms with Gasteiger partial charge in [-0.05, 0) is 29.8 Å². The fraction of sp³-hybridized carbons (Fsp3) is 0.0714. The highest BCUT2D eigenvalue weighted by molar-refractivity contribution is 6.15. The summed E-state index contributed by atoms with van der Waals surface area (Å²) in [6.07, 6.45) is 3.64. The SMILES string of the molecule is O=C1C/C(=C\c2ccc3ncccc3c2)C(=O)N1. The predicted molar refractivity (Wildman–Crippen MR) is 67.5 cm³/mol. The molecule has 88 valence electrons. The van der Waals surface area contributed by atoms with Crippen molar-refractivity contribution in [2.75, 3.05) is 0 Å². The fourth-order valence-corrected chi connectivity index (χ4v) is 2.01. The van der Waals surface area contributed by atoms with Gasteiger partial charge >= 0.3 is 0 Å². The maximum Gasteiger partial charge on any atom is 0.254 e. The van der Waals surface area contributed by atoms with Gasteiger partial charge in [-0.25, -0.2) is 0 Å². The standard InChI is InChI=1S/C14H10N2O2/c17-13-8-11(14(18)16-13)7-9-3-4-12-10(6-9)2-1-5-15-12/h1-7H,8H2,(H,16,17,18)/b11-7+. The summed E-state index contributed by atoms with van der Waals surface area (Å²) in [5.41, 5.74) is 2.31. The van der Waals surface area contributed by atoms with Crippen LogP contribution in [0.15, 0.2) is 42.1 Å². The summed E-state index contributed by atoms with van der Waals surface area (Å²) >= 11 is 0. The van der Waals surface area contributed by atoms with E-state index in [4.69, 9.17) is 0 Å². The second kappa shape index (κ2) is 4.07. The number of rotatable bonds is 1. The van der Waals surface area contributed by atoms with Gasteiger partial charge in [-0.3, -0.25) is 19.9 Å². The number of hydrogen-bond acceptors (Lipinski definition) is 3. The Balaban J connectivity index is 2.02. The van der Waals surface area contributed by atoms with Crippen LogP contribution < -0.4 is 5.32 Å². The Morgan fingerprint density at radius 3 is 2.89 bits per heavy atom. The molecule has 2 heterocycles. The molecule has 0 aliphatic carbocycles. The van der Waals surface area contributed by atoms with Crippen molar-refractivity contribution in [1.29, 1.82) is 0 Å². The monoisotopic (exact) mass is 238 g/mol. The lowest BCUT2D eigenvalue weighted by Gasteiger charge is -1.99. The Kier molecular flexibility index (Phi) is 2.41. The minimum absolute atomic E-state index is 0.157. The van der Waals surface area contributed by atoms with E-state index >= 15 is 0 Å². The number of fused-ring (bicyclic) bond motifs is 1. The van der Waals surface area contributed by atoms with Gasteiger partial charge in [0.15, 0.2) is 0 Å². The lowest BCUT2D eigenvalue weighted by molar-refractivity contribution is -0.124. The third kappa shape index (κ3) is 1.88. The van der Waals surface area contributed by atoms with E-state index < -0.39 is 0 Å². The largest absolute Gasteiger partial charge is 0.292 e. The second-order valence-corrected chi connectivity index (χ2v) is 4.18. The molecule has 2 amide bonds. The topological polar surface area (TPSA) is 59.1 Å². The summed E-state index contributed by atoms with van der Waals surface area (Å²) in [4.78, 5) is 26.8. The van der Waals surface area contributed by atoms with Gasteiger partial charge < -0.3 is 0 Å². The molecule has 0 atom stereocenters.